The number of nitrogens with zero attached hydrogens (tertiary/aromatic N) is 1. The lowest BCUT2D eigenvalue weighted by atomic mass is 9.30. The lowest BCUT2D eigenvalue weighted by molar-refractivity contribution is -0.262. The fourth-order valence-electron chi connectivity index (χ4n) is 23.2. The summed E-state index contributed by atoms with van der Waals surface area (Å²) in [5.41, 5.74) is 6.66. The van der Waals surface area contributed by atoms with Crippen molar-refractivity contribution in [3.63, 3.8) is 0 Å². The monoisotopic (exact) mass is 1170 g/mol. The molecule has 3 aromatic rings. The van der Waals surface area contributed by atoms with Gasteiger partial charge in [-0.25, -0.2) is 0 Å². The first kappa shape index (κ1) is 59.2. The molecule has 1 aromatic carbocycles. The van der Waals surface area contributed by atoms with E-state index in [1.54, 1.807) is 0 Å². The van der Waals surface area contributed by atoms with Crippen LogP contribution in [0.25, 0.3) is 11.0 Å². The molecule has 17 atom stereocenters. The summed E-state index contributed by atoms with van der Waals surface area (Å²) in [6.45, 7) is 22.3. The predicted octanol–water partition coefficient (Wildman–Crippen LogP) is 11.8. The van der Waals surface area contributed by atoms with Gasteiger partial charge in [0.15, 0.2) is 5.78 Å². The van der Waals surface area contributed by atoms with Gasteiger partial charge in [0.05, 0.1) is 46.5 Å². The molecule has 0 bridgehead atoms. The third-order valence-electron chi connectivity index (χ3n) is 27.7. The fourth-order valence-corrected chi connectivity index (χ4v) is 23.2. The summed E-state index contributed by atoms with van der Waals surface area (Å²) in [4.78, 5) is 51.2. The Morgan fingerprint density at radius 2 is 1.61 bits per heavy atom. The maximum absolute atomic E-state index is 16.3. The van der Waals surface area contributed by atoms with Gasteiger partial charge in [0, 0.05) is 91.6 Å². The van der Waals surface area contributed by atoms with Crippen molar-refractivity contribution in [1.82, 2.24) is 14.9 Å². The SMILES string of the molecule is CNCCC1(C)C(=O)CC2(CCC(O)C2)C2(C)C1CCC1(C)C2C(O)C2Cn3cc(C4C(=O)C(CCC(C)C)Cc5c4cc4c(c5C5(O)CCOCC5)CCC5CCCCC45)c4[nH]cc(c43)CCC(C)(CC(O)C3OC3(C)C)C3=C2C1(C)CC3=O. The van der Waals surface area contributed by atoms with E-state index in [0.29, 0.717) is 115 Å². The Morgan fingerprint density at radius 3 is 2.32 bits per heavy atom. The number of Topliss-reactive ketones (excluding diaryl/α,β-unsaturated/α-hetero) is 3. The van der Waals surface area contributed by atoms with Crippen LogP contribution in [-0.4, -0.2) is 104 Å². The van der Waals surface area contributed by atoms with E-state index in [9.17, 15) is 20.4 Å². The van der Waals surface area contributed by atoms with Crippen LogP contribution in [0.2, 0.25) is 0 Å². The molecule has 17 unspecified atom stereocenters. The van der Waals surface area contributed by atoms with E-state index < -0.39 is 73.8 Å². The number of fused-ring (bicyclic) bond motifs is 9. The summed E-state index contributed by atoms with van der Waals surface area (Å²) in [6, 6.07) is 2.48. The second-order valence-electron chi connectivity index (χ2n) is 32.8. The van der Waals surface area contributed by atoms with Crippen LogP contribution in [0.1, 0.15) is 235 Å². The van der Waals surface area contributed by atoms with Gasteiger partial charge in [-0.3, -0.25) is 14.4 Å². The Kier molecular flexibility index (Phi) is 14.1. The number of H-pyrrole nitrogens is 1. The number of ether oxygens (including phenoxy) is 2. The molecule has 2 aromatic heterocycles. The van der Waals surface area contributed by atoms with Gasteiger partial charge in [-0.1, -0.05) is 73.8 Å². The number of aryl methyl sites for hydroxylation is 1. The van der Waals surface area contributed by atoms with Crippen molar-refractivity contribution in [1.29, 1.82) is 0 Å². The summed E-state index contributed by atoms with van der Waals surface area (Å²) in [6.07, 6.45) is 18.4. The summed E-state index contributed by atoms with van der Waals surface area (Å²) in [7, 11) is 1.96. The fraction of sp³-hybridized carbons (Fsp3) is 0.767. The summed E-state index contributed by atoms with van der Waals surface area (Å²) >= 11 is 0. The van der Waals surface area contributed by atoms with Crippen LogP contribution in [0.4, 0.5) is 0 Å². The third-order valence-corrected chi connectivity index (χ3v) is 27.7. The number of aliphatic hydroxyl groups excluding tert-OH is 3. The number of carbonyl (C=O) groups excluding carboxylic acids is 3. The van der Waals surface area contributed by atoms with Crippen molar-refractivity contribution in [2.75, 3.05) is 26.8 Å². The number of hydrogen-bond donors (Lipinski definition) is 6. The van der Waals surface area contributed by atoms with Gasteiger partial charge in [0.25, 0.3) is 0 Å². The average Bonchev–Trinajstić information content (AvgIpc) is 1.70. The molecule has 1 spiro atoms. The number of carbonyl (C=O) groups is 3. The molecule has 3 aliphatic heterocycles. The highest BCUT2D eigenvalue weighted by molar-refractivity contribution is 6.02. The summed E-state index contributed by atoms with van der Waals surface area (Å²) in [5, 5.41) is 55.4. The molecule has 8 aliphatic carbocycles. The molecule has 5 heterocycles. The molecule has 0 amide bonds. The second-order valence-corrected chi connectivity index (χ2v) is 32.8. The molecule has 85 heavy (non-hydrogen) atoms. The number of allylic oxidation sites excluding steroid dienone is 1. The highest BCUT2D eigenvalue weighted by atomic mass is 16.6. The minimum Gasteiger partial charge on any atom is -0.393 e. The van der Waals surface area contributed by atoms with E-state index in [0.717, 1.165) is 95.8 Å². The molecule has 464 valence electrons. The number of ketones is 3. The number of aliphatic hydroxyl groups is 4. The molecule has 2 saturated heterocycles. The first-order valence-corrected chi connectivity index (χ1v) is 34.2. The number of epoxide rings is 1. The Balaban J connectivity index is 0.986. The van der Waals surface area contributed by atoms with Gasteiger partial charge in [0.1, 0.15) is 17.7 Å². The van der Waals surface area contributed by atoms with Crippen molar-refractivity contribution in [3.05, 3.63) is 68.6 Å². The van der Waals surface area contributed by atoms with Gasteiger partial charge in [-0.2, -0.15) is 0 Å². The zero-order chi connectivity index (χ0) is 59.9. The van der Waals surface area contributed by atoms with Crippen LogP contribution in [0.15, 0.2) is 29.6 Å². The molecule has 6 N–H and O–H groups in total. The topological polar surface area (TPSA) is 187 Å². The molecule has 12 nitrogen and oxygen atoms in total. The highest BCUT2D eigenvalue weighted by Crippen LogP contribution is 2.80. The van der Waals surface area contributed by atoms with E-state index in [1.807, 2.05) is 20.9 Å². The molecule has 12 heteroatoms. The Morgan fingerprint density at radius 1 is 0.859 bits per heavy atom. The van der Waals surface area contributed by atoms with Crippen molar-refractivity contribution < 1.29 is 44.3 Å². The van der Waals surface area contributed by atoms with Crippen LogP contribution in [0.3, 0.4) is 0 Å². The van der Waals surface area contributed by atoms with Crippen molar-refractivity contribution in [2.24, 2.45) is 68.0 Å². The largest absolute Gasteiger partial charge is 0.393 e. The zero-order valence-electron chi connectivity index (χ0n) is 53.3. The summed E-state index contributed by atoms with van der Waals surface area (Å²) < 4.78 is 14.6. The lowest BCUT2D eigenvalue weighted by Gasteiger charge is -2.74. The Labute approximate surface area is 506 Å². The van der Waals surface area contributed by atoms with Crippen molar-refractivity contribution in [3.8, 4) is 0 Å². The van der Waals surface area contributed by atoms with Gasteiger partial charge < -0.3 is 44.8 Å². The van der Waals surface area contributed by atoms with Gasteiger partial charge >= 0.3 is 0 Å². The number of rotatable bonds is 11. The normalized spacial score (nSPS) is 42.0. The number of nitrogens with one attached hydrogen (secondary N) is 2. The number of hydrogen-bond acceptors (Lipinski definition) is 10. The molecule has 11 aliphatic rings. The number of aromatic amines is 1. The molecule has 0 radical (unpaired) electrons. The standard InChI is InChI=1S/C73H103N3O9/c1-40(2)15-16-42-31-49-48(32-47-45-14-12-11-13-41(45)17-18-46(47)57(49)73(83)26-29-84-30-27-73)56(62(42)81)50-38-76-39-51-58-59(67(5,34-53(79)65-66(3,4)85-65)22-19-43-37-75-60(50)61(43)76)52(78)35-70(58,8)69(7)23-21-54-68(6,25-28-74-10)55(80)36-72(24-20-44(77)33-72)71(54,9)64(69)63(51)82/h32,37-38,40-42,44-45,51,53-54,56,63-65,74-75,77,79,82-83H,11-31,33-36,39H2,1-10H3. The first-order valence-electron chi connectivity index (χ1n) is 34.2. The van der Waals surface area contributed by atoms with Crippen molar-refractivity contribution in [2.45, 2.75) is 258 Å². The van der Waals surface area contributed by atoms with E-state index in [-0.39, 0.29) is 41.2 Å². The quantitative estimate of drug-likeness (QED) is 0.101. The van der Waals surface area contributed by atoms with Crippen LogP contribution in [0.5, 0.6) is 0 Å². The predicted molar refractivity (Wildman–Crippen MR) is 329 cm³/mol. The molecular formula is C73H103N3O9. The third kappa shape index (κ3) is 8.44. The van der Waals surface area contributed by atoms with E-state index in [1.165, 1.54) is 36.0 Å². The van der Waals surface area contributed by atoms with Gasteiger partial charge in [-0.05, 0) is 214 Å². The van der Waals surface area contributed by atoms with Crippen LogP contribution in [0, 0.1) is 68.0 Å². The Bertz CT molecular complexity index is 3250. The minimum absolute atomic E-state index is 0.0546. The summed E-state index contributed by atoms with van der Waals surface area (Å²) in [5.74, 6) is 0.345. The van der Waals surface area contributed by atoms with Crippen molar-refractivity contribution >= 4 is 28.4 Å². The lowest BCUT2D eigenvalue weighted by Crippen LogP contribution is -2.72. The molecular weight excluding hydrogens is 1060 g/mol. The molecule has 14 rings (SSSR count). The number of aromatic nitrogens is 2. The smallest absolute Gasteiger partial charge is 0.160 e. The second kappa shape index (κ2) is 20.3. The van der Waals surface area contributed by atoms with E-state index in [2.05, 4.69) is 81.8 Å². The minimum atomic E-state index is -1.05. The van der Waals surface area contributed by atoms with Crippen LogP contribution >= 0.6 is 0 Å². The zero-order valence-corrected chi connectivity index (χ0v) is 53.3. The van der Waals surface area contributed by atoms with Gasteiger partial charge in [-0.15, -0.1) is 0 Å². The maximum Gasteiger partial charge on any atom is 0.160 e. The van der Waals surface area contributed by atoms with Crippen LogP contribution < -0.4 is 5.32 Å². The number of benzene rings is 1. The average molecular weight is 1170 g/mol. The maximum atomic E-state index is 16.3. The molecule has 5 saturated carbocycles. The molecule has 7 fully saturated rings. The van der Waals surface area contributed by atoms with Crippen LogP contribution in [-0.2, 0) is 55.3 Å². The van der Waals surface area contributed by atoms with Gasteiger partial charge in [0.2, 0.25) is 0 Å². The first-order chi connectivity index (χ1) is 40.3. The highest BCUT2D eigenvalue weighted by Gasteiger charge is 2.78. The van der Waals surface area contributed by atoms with E-state index >= 15 is 14.4 Å². The van der Waals surface area contributed by atoms with E-state index in [4.69, 9.17) is 9.47 Å². The Hall–Kier alpha value is -3.49.